The summed E-state index contributed by atoms with van der Waals surface area (Å²) < 4.78 is 0. The Morgan fingerprint density at radius 2 is 2.14 bits per heavy atom. The molecule has 28 heavy (non-hydrogen) atoms. The summed E-state index contributed by atoms with van der Waals surface area (Å²) in [5, 5.41) is 8.13. The van der Waals surface area contributed by atoms with Crippen LogP contribution in [0.15, 0.2) is 17.5 Å². The minimum Gasteiger partial charge on any atom is -0.353 e. The van der Waals surface area contributed by atoms with Crippen LogP contribution in [-0.2, 0) is 11.3 Å². The van der Waals surface area contributed by atoms with Gasteiger partial charge >= 0.3 is 6.03 Å². The summed E-state index contributed by atoms with van der Waals surface area (Å²) in [7, 11) is 0. The number of urea groups is 1. The van der Waals surface area contributed by atoms with Gasteiger partial charge in [-0.1, -0.05) is 19.9 Å². The first kappa shape index (κ1) is 22.7. The Labute approximate surface area is 173 Å². The van der Waals surface area contributed by atoms with Crippen LogP contribution in [0.2, 0.25) is 0 Å². The summed E-state index contributed by atoms with van der Waals surface area (Å²) >= 11 is 1.63. The van der Waals surface area contributed by atoms with Gasteiger partial charge in [-0.25, -0.2) is 4.79 Å². The van der Waals surface area contributed by atoms with Crippen molar-refractivity contribution in [2.24, 2.45) is 5.92 Å². The van der Waals surface area contributed by atoms with Gasteiger partial charge in [0.25, 0.3) is 0 Å². The number of rotatable bonds is 10. The SMILES string of the molecule is CCN(CC)CCCC(C)NC(=O)C1CCCN(C(=O)NCc2cccs2)C1. The molecule has 0 saturated carbocycles. The second kappa shape index (κ2) is 12.1. The molecule has 1 fully saturated rings. The number of hydrogen-bond donors (Lipinski definition) is 2. The lowest BCUT2D eigenvalue weighted by Gasteiger charge is -2.32. The van der Waals surface area contributed by atoms with E-state index in [4.69, 9.17) is 0 Å². The van der Waals surface area contributed by atoms with E-state index in [1.807, 2.05) is 17.5 Å². The van der Waals surface area contributed by atoms with Crippen molar-refractivity contribution in [3.63, 3.8) is 0 Å². The van der Waals surface area contributed by atoms with E-state index in [2.05, 4.69) is 36.3 Å². The largest absolute Gasteiger partial charge is 0.353 e. The van der Waals surface area contributed by atoms with Gasteiger partial charge in [0.2, 0.25) is 5.91 Å². The van der Waals surface area contributed by atoms with E-state index in [1.165, 1.54) is 0 Å². The number of nitrogens with zero attached hydrogens (tertiary/aromatic N) is 2. The molecule has 2 unspecified atom stereocenters. The highest BCUT2D eigenvalue weighted by Gasteiger charge is 2.28. The molecule has 1 aliphatic heterocycles. The smallest absolute Gasteiger partial charge is 0.317 e. The van der Waals surface area contributed by atoms with Crippen molar-refractivity contribution in [1.29, 1.82) is 0 Å². The van der Waals surface area contributed by atoms with Crippen LogP contribution in [0.25, 0.3) is 0 Å². The lowest BCUT2D eigenvalue weighted by atomic mass is 9.97. The summed E-state index contributed by atoms with van der Waals surface area (Å²) in [6, 6.07) is 4.10. The minimum atomic E-state index is -0.105. The van der Waals surface area contributed by atoms with Crippen molar-refractivity contribution in [2.75, 3.05) is 32.7 Å². The van der Waals surface area contributed by atoms with Crippen molar-refractivity contribution in [2.45, 2.75) is 59.0 Å². The first-order chi connectivity index (χ1) is 13.5. The Morgan fingerprint density at radius 3 is 2.82 bits per heavy atom. The average Bonchev–Trinajstić information content (AvgIpc) is 3.23. The van der Waals surface area contributed by atoms with Gasteiger partial charge in [-0.15, -0.1) is 11.3 Å². The number of carbonyl (C=O) groups is 2. The highest BCUT2D eigenvalue weighted by molar-refractivity contribution is 7.09. The number of likely N-dealkylation sites (tertiary alicyclic amines) is 1. The van der Waals surface area contributed by atoms with Gasteiger partial charge in [0, 0.05) is 24.0 Å². The molecule has 0 aliphatic carbocycles. The third kappa shape index (κ3) is 7.43. The zero-order valence-electron chi connectivity index (χ0n) is 17.6. The zero-order valence-corrected chi connectivity index (χ0v) is 18.4. The molecule has 2 N–H and O–H groups in total. The Balaban J connectivity index is 1.71. The molecule has 0 spiro atoms. The average molecular weight is 409 g/mol. The molecule has 6 nitrogen and oxygen atoms in total. The van der Waals surface area contributed by atoms with E-state index < -0.39 is 0 Å². The highest BCUT2D eigenvalue weighted by atomic mass is 32.1. The molecule has 2 rings (SSSR count). The summed E-state index contributed by atoms with van der Waals surface area (Å²) in [6.07, 6.45) is 3.80. The van der Waals surface area contributed by atoms with Gasteiger partial charge in [0.1, 0.15) is 0 Å². The number of nitrogens with one attached hydrogen (secondary N) is 2. The maximum Gasteiger partial charge on any atom is 0.317 e. The molecular weight excluding hydrogens is 372 g/mol. The fourth-order valence-corrected chi connectivity index (χ4v) is 4.30. The monoisotopic (exact) mass is 408 g/mol. The molecule has 158 valence electrons. The van der Waals surface area contributed by atoms with E-state index in [0.29, 0.717) is 13.1 Å². The van der Waals surface area contributed by atoms with Crippen LogP contribution in [0.4, 0.5) is 4.79 Å². The van der Waals surface area contributed by atoms with Crippen LogP contribution in [0.3, 0.4) is 0 Å². The molecule has 0 bridgehead atoms. The fraction of sp³-hybridized carbons (Fsp3) is 0.714. The Morgan fingerprint density at radius 1 is 1.36 bits per heavy atom. The maximum atomic E-state index is 12.7. The van der Waals surface area contributed by atoms with Gasteiger partial charge in [-0.05, 0) is 63.7 Å². The van der Waals surface area contributed by atoms with Gasteiger partial charge in [-0.2, -0.15) is 0 Å². The van der Waals surface area contributed by atoms with Crippen LogP contribution >= 0.6 is 11.3 Å². The van der Waals surface area contributed by atoms with E-state index in [1.54, 1.807) is 16.2 Å². The predicted octanol–water partition coefficient (Wildman–Crippen LogP) is 3.30. The summed E-state index contributed by atoms with van der Waals surface area (Å²) in [4.78, 5) is 30.4. The normalized spacial score (nSPS) is 18.1. The number of thiophene rings is 1. The van der Waals surface area contributed by atoms with E-state index >= 15 is 0 Å². The molecule has 2 heterocycles. The molecule has 0 aromatic carbocycles. The van der Waals surface area contributed by atoms with Gasteiger partial charge in [-0.3, -0.25) is 4.79 Å². The number of amides is 3. The minimum absolute atomic E-state index is 0.0711. The standard InChI is InChI=1S/C21H36N4O2S/c1-4-24(5-2)12-6-9-17(3)23-20(26)18-10-7-13-25(16-18)21(27)22-15-19-11-8-14-28-19/h8,11,14,17-18H,4-7,9-10,12-13,15-16H2,1-3H3,(H,22,27)(H,23,26). The molecule has 1 aromatic heterocycles. The molecule has 7 heteroatoms. The van der Waals surface area contributed by atoms with Crippen LogP contribution in [-0.4, -0.2) is 60.5 Å². The summed E-state index contributed by atoms with van der Waals surface area (Å²) in [6.45, 7) is 11.4. The van der Waals surface area contributed by atoms with E-state index in [0.717, 1.165) is 56.7 Å². The molecule has 3 amide bonds. The van der Waals surface area contributed by atoms with E-state index in [9.17, 15) is 9.59 Å². The van der Waals surface area contributed by atoms with Crippen molar-refractivity contribution in [1.82, 2.24) is 20.4 Å². The van der Waals surface area contributed by atoms with Crippen molar-refractivity contribution in [3.8, 4) is 0 Å². The fourth-order valence-electron chi connectivity index (χ4n) is 3.66. The topological polar surface area (TPSA) is 64.7 Å². The summed E-state index contributed by atoms with van der Waals surface area (Å²) in [5.74, 6) is -0.0161. The van der Waals surface area contributed by atoms with Gasteiger partial charge < -0.3 is 20.4 Å². The van der Waals surface area contributed by atoms with Gasteiger partial charge in [0.15, 0.2) is 0 Å². The van der Waals surface area contributed by atoms with Crippen LogP contribution in [0.1, 0.15) is 51.3 Å². The molecule has 0 radical (unpaired) electrons. The Hall–Kier alpha value is -1.60. The number of carbonyl (C=O) groups excluding carboxylic acids is 2. The third-order valence-corrected chi connectivity index (χ3v) is 6.34. The zero-order chi connectivity index (χ0) is 20.4. The van der Waals surface area contributed by atoms with Crippen molar-refractivity contribution < 1.29 is 9.59 Å². The predicted molar refractivity (Wildman–Crippen MR) is 115 cm³/mol. The molecule has 1 aliphatic rings. The molecule has 1 saturated heterocycles. The quantitative estimate of drug-likeness (QED) is 0.624. The number of piperidine rings is 1. The summed E-state index contributed by atoms with van der Waals surface area (Å²) in [5.41, 5.74) is 0. The van der Waals surface area contributed by atoms with Crippen LogP contribution in [0.5, 0.6) is 0 Å². The first-order valence-electron chi connectivity index (χ1n) is 10.6. The lowest BCUT2D eigenvalue weighted by Crippen LogP contribution is -2.49. The van der Waals surface area contributed by atoms with Crippen LogP contribution < -0.4 is 10.6 Å². The van der Waals surface area contributed by atoms with E-state index in [-0.39, 0.29) is 23.9 Å². The molecule has 1 aromatic rings. The third-order valence-electron chi connectivity index (χ3n) is 5.47. The second-order valence-corrected chi connectivity index (χ2v) is 8.63. The highest BCUT2D eigenvalue weighted by Crippen LogP contribution is 2.17. The molecule has 2 atom stereocenters. The second-order valence-electron chi connectivity index (χ2n) is 7.60. The lowest BCUT2D eigenvalue weighted by molar-refractivity contribution is -0.126. The molecular formula is C21H36N4O2S. The van der Waals surface area contributed by atoms with Crippen molar-refractivity contribution >= 4 is 23.3 Å². The van der Waals surface area contributed by atoms with Gasteiger partial charge in [0.05, 0.1) is 12.5 Å². The van der Waals surface area contributed by atoms with Crippen molar-refractivity contribution in [3.05, 3.63) is 22.4 Å². The van der Waals surface area contributed by atoms with Crippen LogP contribution in [0, 0.1) is 5.92 Å². The maximum absolute atomic E-state index is 12.7. The Bertz CT molecular complexity index is 589. The Kier molecular flexibility index (Phi) is 9.78. The first-order valence-corrected chi connectivity index (χ1v) is 11.5. The number of hydrogen-bond acceptors (Lipinski definition) is 4.